The second kappa shape index (κ2) is 5.23. The van der Waals surface area contributed by atoms with Gasteiger partial charge in [-0.3, -0.25) is 4.79 Å². The number of benzene rings is 1. The maximum atomic E-state index is 11.5. The van der Waals surface area contributed by atoms with Crippen LogP contribution in [-0.4, -0.2) is 29.8 Å². The molecule has 6 heteroatoms. The van der Waals surface area contributed by atoms with Crippen molar-refractivity contribution in [3.63, 3.8) is 0 Å². The molecule has 1 aromatic carbocycles. The molecule has 2 rings (SSSR count). The number of aromatic nitrogens is 2. The SMILES string of the molecule is CNC(=O)c1ccn(-c2cc(OC)ccc2C#N)n1. The number of nitrogens with zero attached hydrogens (tertiary/aromatic N) is 3. The number of nitrogens with one attached hydrogen (secondary N) is 1. The molecule has 0 aliphatic rings. The lowest BCUT2D eigenvalue weighted by Gasteiger charge is -2.06. The Morgan fingerprint density at radius 2 is 2.26 bits per heavy atom. The van der Waals surface area contributed by atoms with Crippen LogP contribution in [-0.2, 0) is 0 Å². The van der Waals surface area contributed by atoms with Crippen molar-refractivity contribution in [3.8, 4) is 17.5 Å². The fourth-order valence-electron chi connectivity index (χ4n) is 1.63. The van der Waals surface area contributed by atoms with Crippen molar-refractivity contribution in [3.05, 3.63) is 41.7 Å². The number of hydrogen-bond acceptors (Lipinski definition) is 4. The summed E-state index contributed by atoms with van der Waals surface area (Å²) in [7, 11) is 3.08. The van der Waals surface area contributed by atoms with Gasteiger partial charge in [0.25, 0.3) is 5.91 Å². The Morgan fingerprint density at radius 1 is 1.47 bits per heavy atom. The van der Waals surface area contributed by atoms with Gasteiger partial charge in [-0.05, 0) is 18.2 Å². The smallest absolute Gasteiger partial charge is 0.271 e. The number of carbonyl (C=O) groups excluding carboxylic acids is 1. The molecule has 0 aliphatic carbocycles. The quantitative estimate of drug-likeness (QED) is 0.892. The van der Waals surface area contributed by atoms with Gasteiger partial charge in [0.2, 0.25) is 0 Å². The molecule has 0 bridgehead atoms. The van der Waals surface area contributed by atoms with Crippen LogP contribution in [0.3, 0.4) is 0 Å². The van der Waals surface area contributed by atoms with Crippen molar-refractivity contribution < 1.29 is 9.53 Å². The predicted molar refractivity (Wildman–Crippen MR) is 68.2 cm³/mol. The van der Waals surface area contributed by atoms with Crippen molar-refractivity contribution in [1.29, 1.82) is 5.26 Å². The third kappa shape index (κ3) is 2.40. The van der Waals surface area contributed by atoms with E-state index in [1.54, 1.807) is 37.6 Å². The lowest BCUT2D eigenvalue weighted by Crippen LogP contribution is -2.18. The summed E-state index contributed by atoms with van der Waals surface area (Å²) in [5.41, 5.74) is 1.30. The average molecular weight is 256 g/mol. The Morgan fingerprint density at radius 3 is 2.89 bits per heavy atom. The first-order valence-electron chi connectivity index (χ1n) is 5.56. The van der Waals surface area contributed by atoms with Gasteiger partial charge < -0.3 is 10.1 Å². The van der Waals surface area contributed by atoms with Crippen molar-refractivity contribution in [1.82, 2.24) is 15.1 Å². The molecule has 2 aromatic rings. The van der Waals surface area contributed by atoms with E-state index in [-0.39, 0.29) is 11.6 Å². The highest BCUT2D eigenvalue weighted by atomic mass is 16.5. The van der Waals surface area contributed by atoms with Crippen molar-refractivity contribution in [2.24, 2.45) is 0 Å². The van der Waals surface area contributed by atoms with E-state index in [0.29, 0.717) is 17.0 Å². The second-order valence-corrected chi connectivity index (χ2v) is 3.72. The zero-order chi connectivity index (χ0) is 13.8. The average Bonchev–Trinajstić information content (AvgIpc) is 2.95. The molecule has 96 valence electrons. The fourth-order valence-corrected chi connectivity index (χ4v) is 1.63. The molecule has 0 saturated heterocycles. The van der Waals surface area contributed by atoms with Crippen LogP contribution >= 0.6 is 0 Å². The molecule has 0 radical (unpaired) electrons. The lowest BCUT2D eigenvalue weighted by atomic mass is 10.2. The van der Waals surface area contributed by atoms with Gasteiger partial charge in [0, 0.05) is 19.3 Å². The molecular weight excluding hydrogens is 244 g/mol. The summed E-state index contributed by atoms with van der Waals surface area (Å²) in [5, 5.41) is 15.7. The number of amides is 1. The molecular formula is C13H12N4O2. The summed E-state index contributed by atoms with van der Waals surface area (Å²) in [5.74, 6) is 0.339. The number of carbonyl (C=O) groups is 1. The van der Waals surface area contributed by atoms with Gasteiger partial charge in [0.15, 0.2) is 5.69 Å². The minimum atomic E-state index is -0.278. The Hall–Kier alpha value is -2.81. The molecule has 1 aromatic heterocycles. The molecule has 0 aliphatic heterocycles. The maximum absolute atomic E-state index is 11.5. The first kappa shape index (κ1) is 12.6. The summed E-state index contributed by atoms with van der Waals surface area (Å²) >= 11 is 0. The van der Waals surface area contributed by atoms with E-state index in [1.165, 1.54) is 11.7 Å². The number of hydrogen-bond donors (Lipinski definition) is 1. The zero-order valence-electron chi connectivity index (χ0n) is 10.5. The monoisotopic (exact) mass is 256 g/mol. The zero-order valence-corrected chi connectivity index (χ0v) is 10.5. The maximum Gasteiger partial charge on any atom is 0.271 e. The Kier molecular flexibility index (Phi) is 3.48. The van der Waals surface area contributed by atoms with Crippen LogP contribution in [0.1, 0.15) is 16.1 Å². The Balaban J connectivity index is 2.49. The van der Waals surface area contributed by atoms with Gasteiger partial charge >= 0.3 is 0 Å². The predicted octanol–water partition coefficient (Wildman–Crippen LogP) is 1.11. The van der Waals surface area contributed by atoms with Crippen LogP contribution in [0, 0.1) is 11.3 Å². The largest absolute Gasteiger partial charge is 0.497 e. The lowest BCUT2D eigenvalue weighted by molar-refractivity contribution is 0.0957. The van der Waals surface area contributed by atoms with Gasteiger partial charge in [-0.15, -0.1) is 0 Å². The van der Waals surface area contributed by atoms with E-state index in [4.69, 9.17) is 10.00 Å². The third-order valence-corrected chi connectivity index (χ3v) is 2.62. The van der Waals surface area contributed by atoms with Gasteiger partial charge in [-0.25, -0.2) is 4.68 Å². The minimum Gasteiger partial charge on any atom is -0.497 e. The van der Waals surface area contributed by atoms with E-state index in [2.05, 4.69) is 16.5 Å². The highest BCUT2D eigenvalue weighted by Gasteiger charge is 2.11. The molecule has 0 saturated carbocycles. The van der Waals surface area contributed by atoms with Crippen LogP contribution in [0.4, 0.5) is 0 Å². The second-order valence-electron chi connectivity index (χ2n) is 3.72. The van der Waals surface area contributed by atoms with E-state index >= 15 is 0 Å². The molecule has 19 heavy (non-hydrogen) atoms. The normalized spacial score (nSPS) is 9.74. The van der Waals surface area contributed by atoms with Gasteiger partial charge in [-0.2, -0.15) is 10.4 Å². The summed E-state index contributed by atoms with van der Waals surface area (Å²) in [6.07, 6.45) is 1.63. The Bertz CT molecular complexity index is 655. The number of ether oxygens (including phenoxy) is 1. The van der Waals surface area contributed by atoms with Gasteiger partial charge in [0.1, 0.15) is 11.8 Å². The van der Waals surface area contributed by atoms with E-state index < -0.39 is 0 Å². The van der Waals surface area contributed by atoms with Crippen LogP contribution < -0.4 is 10.1 Å². The van der Waals surface area contributed by atoms with Crippen molar-refractivity contribution >= 4 is 5.91 Å². The van der Waals surface area contributed by atoms with Gasteiger partial charge in [-0.1, -0.05) is 0 Å². The molecule has 1 heterocycles. The van der Waals surface area contributed by atoms with Crippen LogP contribution in [0.2, 0.25) is 0 Å². The van der Waals surface area contributed by atoms with Crippen molar-refractivity contribution in [2.45, 2.75) is 0 Å². The fraction of sp³-hybridized carbons (Fsp3) is 0.154. The summed E-state index contributed by atoms with van der Waals surface area (Å²) in [6, 6.07) is 8.71. The van der Waals surface area contributed by atoms with E-state index in [9.17, 15) is 4.79 Å². The number of rotatable bonds is 3. The van der Waals surface area contributed by atoms with Crippen LogP contribution in [0.5, 0.6) is 5.75 Å². The standard InChI is InChI=1S/C13H12N4O2/c1-15-13(18)11-5-6-17(16-11)12-7-10(19-2)4-3-9(12)8-14/h3-7H,1-2H3,(H,15,18). The molecule has 0 fully saturated rings. The van der Waals surface area contributed by atoms with E-state index in [0.717, 1.165) is 0 Å². The molecule has 1 amide bonds. The minimum absolute atomic E-state index is 0.278. The highest BCUT2D eigenvalue weighted by Crippen LogP contribution is 2.20. The topological polar surface area (TPSA) is 79.9 Å². The molecule has 0 spiro atoms. The summed E-state index contributed by atoms with van der Waals surface area (Å²) in [6.45, 7) is 0. The highest BCUT2D eigenvalue weighted by molar-refractivity contribution is 5.91. The third-order valence-electron chi connectivity index (χ3n) is 2.62. The summed E-state index contributed by atoms with van der Waals surface area (Å²) < 4.78 is 6.60. The van der Waals surface area contributed by atoms with Crippen molar-refractivity contribution in [2.75, 3.05) is 14.2 Å². The number of nitriles is 1. The van der Waals surface area contributed by atoms with Crippen LogP contribution in [0.25, 0.3) is 5.69 Å². The number of methoxy groups -OCH3 is 1. The van der Waals surface area contributed by atoms with Crippen LogP contribution in [0.15, 0.2) is 30.5 Å². The Labute approximate surface area is 110 Å². The summed E-state index contributed by atoms with van der Waals surface area (Å²) in [4.78, 5) is 11.5. The van der Waals surface area contributed by atoms with E-state index in [1.807, 2.05) is 0 Å². The molecule has 1 N–H and O–H groups in total. The molecule has 0 unspecified atom stereocenters. The molecule has 0 atom stereocenters. The first-order valence-corrected chi connectivity index (χ1v) is 5.56. The first-order chi connectivity index (χ1) is 9.19. The molecule has 6 nitrogen and oxygen atoms in total. The van der Waals surface area contributed by atoms with Gasteiger partial charge in [0.05, 0.1) is 18.4 Å².